The molecule has 0 aliphatic carbocycles. The Morgan fingerprint density at radius 2 is 2.12 bits per heavy atom. The second kappa shape index (κ2) is 3.85. The highest BCUT2D eigenvalue weighted by molar-refractivity contribution is 9.10. The van der Waals surface area contributed by atoms with Crippen LogP contribution >= 0.6 is 15.9 Å². The number of aromatic amines is 1. The lowest BCUT2D eigenvalue weighted by Gasteiger charge is -2.00. The number of imidazole rings is 1. The molecule has 0 aliphatic rings. The van der Waals surface area contributed by atoms with Gasteiger partial charge in [0.05, 0.1) is 5.52 Å². The SMILES string of the molecule is Nc1cc(Br)cc(-c2nc3ncccc3[nH]2)c1. The number of fused-ring (bicyclic) bond motifs is 1. The maximum absolute atomic E-state index is 5.80. The third-order valence-electron chi connectivity index (χ3n) is 2.45. The topological polar surface area (TPSA) is 67.6 Å². The first-order chi connectivity index (χ1) is 8.22. The van der Waals surface area contributed by atoms with Gasteiger partial charge in [0.2, 0.25) is 0 Å². The number of nitrogens with one attached hydrogen (secondary N) is 1. The molecular formula is C12H9BrN4. The number of hydrogen-bond acceptors (Lipinski definition) is 3. The molecule has 0 atom stereocenters. The molecule has 3 aromatic rings. The van der Waals surface area contributed by atoms with Gasteiger partial charge in [-0.25, -0.2) is 9.97 Å². The molecule has 3 N–H and O–H groups in total. The fourth-order valence-corrected chi connectivity index (χ4v) is 2.24. The van der Waals surface area contributed by atoms with Gasteiger partial charge in [-0.15, -0.1) is 0 Å². The van der Waals surface area contributed by atoms with Crippen molar-refractivity contribution in [3.05, 3.63) is 41.0 Å². The van der Waals surface area contributed by atoms with Crippen LogP contribution in [0, 0.1) is 0 Å². The van der Waals surface area contributed by atoms with Gasteiger partial charge in [-0.1, -0.05) is 15.9 Å². The minimum Gasteiger partial charge on any atom is -0.399 e. The molecule has 5 heteroatoms. The zero-order chi connectivity index (χ0) is 11.8. The van der Waals surface area contributed by atoms with Gasteiger partial charge in [0.25, 0.3) is 0 Å². The molecule has 0 saturated heterocycles. The molecular weight excluding hydrogens is 280 g/mol. The molecule has 2 heterocycles. The van der Waals surface area contributed by atoms with Gasteiger partial charge < -0.3 is 10.7 Å². The monoisotopic (exact) mass is 288 g/mol. The summed E-state index contributed by atoms with van der Waals surface area (Å²) in [6.07, 6.45) is 1.72. The van der Waals surface area contributed by atoms with Crippen molar-refractivity contribution >= 4 is 32.8 Å². The quantitative estimate of drug-likeness (QED) is 0.677. The summed E-state index contributed by atoms with van der Waals surface area (Å²) in [6.45, 7) is 0. The smallest absolute Gasteiger partial charge is 0.178 e. The van der Waals surface area contributed by atoms with E-state index in [9.17, 15) is 0 Å². The van der Waals surface area contributed by atoms with E-state index in [-0.39, 0.29) is 0 Å². The van der Waals surface area contributed by atoms with Crippen LogP contribution in [0.4, 0.5) is 5.69 Å². The molecule has 84 valence electrons. The lowest BCUT2D eigenvalue weighted by Crippen LogP contribution is -1.87. The van der Waals surface area contributed by atoms with Crippen LogP contribution in [0.2, 0.25) is 0 Å². The normalized spacial score (nSPS) is 10.9. The van der Waals surface area contributed by atoms with Crippen LogP contribution in [-0.2, 0) is 0 Å². The summed E-state index contributed by atoms with van der Waals surface area (Å²) >= 11 is 3.42. The first kappa shape index (κ1) is 10.3. The standard InChI is InChI=1S/C12H9BrN4/c13-8-4-7(5-9(14)6-8)11-16-10-2-1-3-15-12(10)17-11/h1-6H,14H2,(H,15,16,17). The van der Waals surface area contributed by atoms with Gasteiger partial charge in [0.15, 0.2) is 5.65 Å². The average molecular weight is 289 g/mol. The largest absolute Gasteiger partial charge is 0.399 e. The number of anilines is 1. The van der Waals surface area contributed by atoms with Crippen molar-refractivity contribution in [1.29, 1.82) is 0 Å². The van der Waals surface area contributed by atoms with Crippen LogP contribution in [0.3, 0.4) is 0 Å². The van der Waals surface area contributed by atoms with Crippen molar-refractivity contribution in [2.24, 2.45) is 0 Å². The second-order valence-electron chi connectivity index (χ2n) is 3.73. The fourth-order valence-electron chi connectivity index (χ4n) is 1.73. The number of H-pyrrole nitrogens is 1. The number of hydrogen-bond donors (Lipinski definition) is 2. The molecule has 0 aliphatic heterocycles. The molecule has 0 fully saturated rings. The number of benzene rings is 1. The summed E-state index contributed by atoms with van der Waals surface area (Å²) in [4.78, 5) is 11.8. The van der Waals surface area contributed by atoms with Crippen LogP contribution in [0.1, 0.15) is 0 Å². The molecule has 0 amide bonds. The molecule has 0 spiro atoms. The Morgan fingerprint density at radius 3 is 2.88 bits per heavy atom. The van der Waals surface area contributed by atoms with Crippen molar-refractivity contribution in [3.63, 3.8) is 0 Å². The van der Waals surface area contributed by atoms with Gasteiger partial charge in [-0.3, -0.25) is 0 Å². The number of pyridine rings is 1. The van der Waals surface area contributed by atoms with Crippen LogP contribution in [-0.4, -0.2) is 15.0 Å². The molecule has 0 bridgehead atoms. The molecule has 4 nitrogen and oxygen atoms in total. The Labute approximate surface area is 106 Å². The number of aromatic nitrogens is 3. The molecule has 1 aromatic carbocycles. The van der Waals surface area contributed by atoms with Gasteiger partial charge in [0.1, 0.15) is 5.82 Å². The van der Waals surface area contributed by atoms with Crippen molar-refractivity contribution in [3.8, 4) is 11.4 Å². The molecule has 0 saturated carbocycles. The Hall–Kier alpha value is -1.88. The number of rotatable bonds is 1. The third kappa shape index (κ3) is 1.89. The minimum absolute atomic E-state index is 0.697. The number of nitrogen functional groups attached to an aromatic ring is 1. The maximum Gasteiger partial charge on any atom is 0.178 e. The maximum atomic E-state index is 5.80. The summed E-state index contributed by atoms with van der Waals surface area (Å²) in [7, 11) is 0. The van der Waals surface area contributed by atoms with Gasteiger partial charge in [-0.05, 0) is 30.3 Å². The lowest BCUT2D eigenvalue weighted by atomic mass is 10.2. The van der Waals surface area contributed by atoms with E-state index in [1.54, 1.807) is 6.20 Å². The van der Waals surface area contributed by atoms with Gasteiger partial charge in [0, 0.05) is 21.9 Å². The fraction of sp³-hybridized carbons (Fsp3) is 0. The van der Waals surface area contributed by atoms with Gasteiger partial charge in [-0.2, -0.15) is 0 Å². The summed E-state index contributed by atoms with van der Waals surface area (Å²) in [5.74, 6) is 0.770. The molecule has 17 heavy (non-hydrogen) atoms. The van der Waals surface area contributed by atoms with E-state index < -0.39 is 0 Å². The minimum atomic E-state index is 0.697. The van der Waals surface area contributed by atoms with Crippen molar-refractivity contribution in [2.75, 3.05) is 5.73 Å². The first-order valence-corrected chi connectivity index (χ1v) is 5.89. The molecule has 3 rings (SSSR count). The summed E-state index contributed by atoms with van der Waals surface area (Å²) in [5.41, 5.74) is 9.07. The number of halogens is 1. The van der Waals surface area contributed by atoms with Crippen LogP contribution in [0.15, 0.2) is 41.0 Å². The summed E-state index contributed by atoms with van der Waals surface area (Å²) in [5, 5.41) is 0. The van der Waals surface area contributed by atoms with E-state index in [1.165, 1.54) is 0 Å². The lowest BCUT2D eigenvalue weighted by molar-refractivity contribution is 1.30. The van der Waals surface area contributed by atoms with Crippen molar-refractivity contribution in [2.45, 2.75) is 0 Å². The average Bonchev–Trinajstić information content (AvgIpc) is 2.71. The number of nitrogens with zero attached hydrogens (tertiary/aromatic N) is 2. The van der Waals surface area contributed by atoms with E-state index in [0.29, 0.717) is 11.3 Å². The predicted molar refractivity (Wildman–Crippen MR) is 71.4 cm³/mol. The highest BCUT2D eigenvalue weighted by Crippen LogP contribution is 2.25. The summed E-state index contributed by atoms with van der Waals surface area (Å²) < 4.78 is 0.931. The first-order valence-electron chi connectivity index (χ1n) is 5.09. The van der Waals surface area contributed by atoms with Crippen LogP contribution in [0.25, 0.3) is 22.6 Å². The zero-order valence-corrected chi connectivity index (χ0v) is 10.4. The van der Waals surface area contributed by atoms with Crippen LogP contribution in [0.5, 0.6) is 0 Å². The zero-order valence-electron chi connectivity index (χ0n) is 8.81. The van der Waals surface area contributed by atoms with Crippen molar-refractivity contribution in [1.82, 2.24) is 15.0 Å². The van der Waals surface area contributed by atoms with E-state index >= 15 is 0 Å². The third-order valence-corrected chi connectivity index (χ3v) is 2.91. The summed E-state index contributed by atoms with van der Waals surface area (Å²) in [6, 6.07) is 9.51. The Morgan fingerprint density at radius 1 is 1.24 bits per heavy atom. The Bertz CT molecular complexity index is 637. The predicted octanol–water partition coefficient (Wildman–Crippen LogP) is 2.97. The highest BCUT2D eigenvalue weighted by Gasteiger charge is 2.06. The van der Waals surface area contributed by atoms with Gasteiger partial charge >= 0.3 is 0 Å². The van der Waals surface area contributed by atoms with E-state index in [4.69, 9.17) is 5.73 Å². The second-order valence-corrected chi connectivity index (χ2v) is 4.65. The Balaban J connectivity index is 2.20. The highest BCUT2D eigenvalue weighted by atomic mass is 79.9. The van der Waals surface area contributed by atoms with E-state index in [1.807, 2.05) is 30.3 Å². The molecule has 0 unspecified atom stereocenters. The number of nitrogens with two attached hydrogens (primary N) is 1. The molecule has 2 aromatic heterocycles. The van der Waals surface area contributed by atoms with E-state index in [2.05, 4.69) is 30.9 Å². The Kier molecular flexibility index (Phi) is 2.33. The molecule has 0 radical (unpaired) electrons. The van der Waals surface area contributed by atoms with Crippen LogP contribution < -0.4 is 5.73 Å². The van der Waals surface area contributed by atoms with E-state index in [0.717, 1.165) is 21.4 Å². The van der Waals surface area contributed by atoms with Crippen molar-refractivity contribution < 1.29 is 0 Å².